The van der Waals surface area contributed by atoms with Crippen LogP contribution in [0.15, 0.2) is 0 Å². The molecule has 1 aliphatic heterocycles. The number of piperidine rings is 1. The van der Waals surface area contributed by atoms with E-state index in [-0.39, 0.29) is 6.42 Å². The first-order chi connectivity index (χ1) is 9.20. The van der Waals surface area contributed by atoms with Crippen molar-refractivity contribution < 1.29 is 9.90 Å². The van der Waals surface area contributed by atoms with E-state index in [1.54, 1.807) is 0 Å². The molecule has 0 amide bonds. The second kappa shape index (κ2) is 6.84. The minimum atomic E-state index is -0.713. The molecule has 5 nitrogen and oxygen atoms in total. The second-order valence-corrected chi connectivity index (χ2v) is 5.75. The molecule has 1 N–H and O–H groups in total. The number of hydrogen-bond acceptors (Lipinski definition) is 5. The predicted molar refractivity (Wildman–Crippen MR) is 75.8 cm³/mol. The molecule has 106 valence electrons. The number of aryl methyl sites for hydroxylation is 1. The third-order valence-corrected chi connectivity index (χ3v) is 4.29. The van der Waals surface area contributed by atoms with Gasteiger partial charge in [0.05, 0.1) is 0 Å². The van der Waals surface area contributed by atoms with E-state index < -0.39 is 5.97 Å². The van der Waals surface area contributed by atoms with Gasteiger partial charge in [0, 0.05) is 37.0 Å². The molecule has 2 rings (SSSR count). The Kier molecular flexibility index (Phi) is 5.13. The lowest BCUT2D eigenvalue weighted by Gasteiger charge is -2.35. The highest BCUT2D eigenvalue weighted by molar-refractivity contribution is 7.09. The van der Waals surface area contributed by atoms with Crippen molar-refractivity contribution in [1.82, 2.24) is 9.36 Å². The molecule has 1 unspecified atom stereocenters. The van der Waals surface area contributed by atoms with E-state index in [1.807, 2.05) is 0 Å². The van der Waals surface area contributed by atoms with Gasteiger partial charge in [-0.25, -0.2) is 4.98 Å². The molecule has 6 heteroatoms. The number of hydrogen-bond donors (Lipinski definition) is 1. The van der Waals surface area contributed by atoms with E-state index in [0.29, 0.717) is 12.5 Å². The van der Waals surface area contributed by atoms with Crippen LogP contribution in [0.3, 0.4) is 0 Å². The maximum Gasteiger partial charge on any atom is 0.303 e. The Morgan fingerprint density at radius 3 is 3.11 bits per heavy atom. The molecule has 0 bridgehead atoms. The summed E-state index contributed by atoms with van der Waals surface area (Å²) in [5.74, 6) is 0.208. The molecule has 0 aliphatic carbocycles. The summed E-state index contributed by atoms with van der Waals surface area (Å²) in [6.45, 7) is 3.10. The van der Waals surface area contributed by atoms with E-state index in [9.17, 15) is 4.79 Å². The van der Waals surface area contributed by atoms with Gasteiger partial charge in [0.25, 0.3) is 0 Å². The smallest absolute Gasteiger partial charge is 0.303 e. The number of carboxylic acids is 1. The van der Waals surface area contributed by atoms with Crippen LogP contribution < -0.4 is 4.90 Å². The van der Waals surface area contributed by atoms with Gasteiger partial charge < -0.3 is 10.0 Å². The van der Waals surface area contributed by atoms with Crippen LogP contribution >= 0.6 is 11.5 Å². The highest BCUT2D eigenvalue weighted by atomic mass is 32.1. The SMILES string of the molecule is CCCc1nsc(N2CCCCC2CCC(=O)O)n1. The molecule has 2 heterocycles. The standard InChI is InChI=1S/C13H21N3O2S/c1-2-5-11-14-13(19-15-11)16-9-4-3-6-10(16)7-8-12(17)18/h10H,2-9H2,1H3,(H,17,18). The fourth-order valence-electron chi connectivity index (χ4n) is 2.53. The Balaban J connectivity index is 2.02. The maximum absolute atomic E-state index is 10.7. The van der Waals surface area contributed by atoms with Crippen LogP contribution in [0.4, 0.5) is 5.13 Å². The Bertz CT molecular complexity index is 422. The molecule has 1 aromatic heterocycles. The fraction of sp³-hybridized carbons (Fsp3) is 0.769. The number of carbonyl (C=O) groups is 1. The molecule has 19 heavy (non-hydrogen) atoms. The molecule has 1 saturated heterocycles. The monoisotopic (exact) mass is 283 g/mol. The lowest BCUT2D eigenvalue weighted by Crippen LogP contribution is -2.39. The predicted octanol–water partition coefficient (Wildman–Crippen LogP) is 2.71. The molecule has 0 radical (unpaired) electrons. The molecular formula is C13H21N3O2S. The third-order valence-electron chi connectivity index (χ3n) is 3.50. The molecular weight excluding hydrogens is 262 g/mol. The zero-order valence-corrected chi connectivity index (χ0v) is 12.2. The van der Waals surface area contributed by atoms with E-state index in [4.69, 9.17) is 5.11 Å². The van der Waals surface area contributed by atoms with Gasteiger partial charge >= 0.3 is 5.97 Å². The minimum absolute atomic E-state index is 0.238. The van der Waals surface area contributed by atoms with Crippen molar-refractivity contribution in [3.05, 3.63) is 5.82 Å². The highest BCUT2D eigenvalue weighted by Gasteiger charge is 2.25. The lowest BCUT2D eigenvalue weighted by molar-refractivity contribution is -0.137. The van der Waals surface area contributed by atoms with Gasteiger partial charge in [-0.3, -0.25) is 4.79 Å². The molecule has 0 saturated carbocycles. The third kappa shape index (κ3) is 3.89. The van der Waals surface area contributed by atoms with Gasteiger partial charge in [0.2, 0.25) is 5.13 Å². The number of carboxylic acid groups (broad SMARTS) is 1. The van der Waals surface area contributed by atoms with Crippen LogP contribution in [0.25, 0.3) is 0 Å². The topological polar surface area (TPSA) is 66.3 Å². The maximum atomic E-state index is 10.7. The van der Waals surface area contributed by atoms with Crippen molar-refractivity contribution in [1.29, 1.82) is 0 Å². The van der Waals surface area contributed by atoms with Crippen LogP contribution in [0, 0.1) is 0 Å². The largest absolute Gasteiger partial charge is 0.481 e. The zero-order chi connectivity index (χ0) is 13.7. The van der Waals surface area contributed by atoms with Gasteiger partial charge in [-0.1, -0.05) is 6.92 Å². The van der Waals surface area contributed by atoms with Crippen LogP contribution in [-0.4, -0.2) is 33.0 Å². The summed E-state index contributed by atoms with van der Waals surface area (Å²) < 4.78 is 4.38. The van der Waals surface area contributed by atoms with Gasteiger partial charge in [-0.15, -0.1) is 0 Å². The molecule has 1 atom stereocenters. The Labute approximate surface area is 117 Å². The summed E-state index contributed by atoms with van der Waals surface area (Å²) in [7, 11) is 0. The van der Waals surface area contributed by atoms with E-state index in [2.05, 4.69) is 21.2 Å². The van der Waals surface area contributed by atoms with E-state index in [1.165, 1.54) is 18.0 Å². The summed E-state index contributed by atoms with van der Waals surface area (Å²) in [4.78, 5) is 17.6. The fourth-order valence-corrected chi connectivity index (χ4v) is 3.34. The summed E-state index contributed by atoms with van der Waals surface area (Å²) >= 11 is 1.45. The first-order valence-corrected chi connectivity index (χ1v) is 7.79. The van der Waals surface area contributed by atoms with Gasteiger partial charge in [-0.05, 0) is 32.1 Å². The quantitative estimate of drug-likeness (QED) is 0.869. The normalized spacial score (nSPS) is 19.6. The summed E-state index contributed by atoms with van der Waals surface area (Å²) in [5.41, 5.74) is 0. The Morgan fingerprint density at radius 2 is 2.37 bits per heavy atom. The first-order valence-electron chi connectivity index (χ1n) is 7.01. The van der Waals surface area contributed by atoms with Crippen molar-refractivity contribution >= 4 is 22.6 Å². The number of rotatable bonds is 6. The van der Waals surface area contributed by atoms with Gasteiger partial charge in [0.15, 0.2) is 0 Å². The van der Waals surface area contributed by atoms with Crippen LogP contribution in [0.2, 0.25) is 0 Å². The van der Waals surface area contributed by atoms with Crippen molar-refractivity contribution in [3.8, 4) is 0 Å². The lowest BCUT2D eigenvalue weighted by atomic mass is 9.98. The molecule has 1 fully saturated rings. The molecule has 0 spiro atoms. The van der Waals surface area contributed by atoms with E-state index >= 15 is 0 Å². The highest BCUT2D eigenvalue weighted by Crippen LogP contribution is 2.28. The minimum Gasteiger partial charge on any atom is -0.481 e. The van der Waals surface area contributed by atoms with Crippen molar-refractivity contribution in [2.24, 2.45) is 0 Å². The number of anilines is 1. The first kappa shape index (κ1) is 14.2. The van der Waals surface area contributed by atoms with Crippen LogP contribution in [0.1, 0.15) is 51.3 Å². The van der Waals surface area contributed by atoms with Gasteiger partial charge in [0.1, 0.15) is 5.82 Å². The Morgan fingerprint density at radius 1 is 1.53 bits per heavy atom. The van der Waals surface area contributed by atoms with Gasteiger partial charge in [-0.2, -0.15) is 4.37 Å². The van der Waals surface area contributed by atoms with Crippen molar-refractivity contribution in [3.63, 3.8) is 0 Å². The molecule has 0 aromatic carbocycles. The summed E-state index contributed by atoms with van der Waals surface area (Å²) in [6.07, 6.45) is 6.33. The summed E-state index contributed by atoms with van der Waals surface area (Å²) in [5, 5.41) is 9.80. The number of aliphatic carboxylic acids is 1. The second-order valence-electron chi connectivity index (χ2n) is 5.02. The summed E-state index contributed by atoms with van der Waals surface area (Å²) in [6, 6.07) is 0.312. The van der Waals surface area contributed by atoms with Crippen LogP contribution in [-0.2, 0) is 11.2 Å². The average Bonchev–Trinajstić information content (AvgIpc) is 2.85. The van der Waals surface area contributed by atoms with Crippen LogP contribution in [0.5, 0.6) is 0 Å². The molecule has 1 aliphatic rings. The Hall–Kier alpha value is -1.17. The van der Waals surface area contributed by atoms with Crippen molar-refractivity contribution in [2.75, 3.05) is 11.4 Å². The van der Waals surface area contributed by atoms with Crippen molar-refractivity contribution in [2.45, 2.75) is 57.9 Å². The average molecular weight is 283 g/mol. The number of aromatic nitrogens is 2. The zero-order valence-electron chi connectivity index (χ0n) is 11.3. The molecule has 1 aromatic rings. The number of nitrogens with zero attached hydrogens (tertiary/aromatic N) is 3. The van der Waals surface area contributed by atoms with E-state index in [0.717, 1.165) is 43.2 Å².